The Morgan fingerprint density at radius 1 is 1.57 bits per heavy atom. The molecule has 0 aromatic carbocycles. The lowest BCUT2D eigenvalue weighted by molar-refractivity contribution is -0.525. The van der Waals surface area contributed by atoms with Crippen molar-refractivity contribution in [2.45, 2.75) is 19.4 Å². The molecule has 0 saturated heterocycles. The Morgan fingerprint density at radius 3 is 2.36 bits per heavy atom. The predicted molar refractivity (Wildman–Crippen MR) is 44.2 cm³/mol. The number of nitrogens with zero attached hydrogens (tertiary/aromatic N) is 1. The number of carbonyl (C=O) groups is 2. The van der Waals surface area contributed by atoms with Crippen molar-refractivity contribution >= 4 is 11.9 Å². The van der Waals surface area contributed by atoms with Crippen molar-refractivity contribution in [1.29, 1.82) is 0 Å². The van der Waals surface area contributed by atoms with Crippen molar-refractivity contribution in [3.8, 4) is 0 Å². The average Bonchev–Trinajstić information content (AvgIpc) is 2.11. The first-order chi connectivity index (χ1) is 6.40. The van der Waals surface area contributed by atoms with Crippen LogP contribution in [0.4, 0.5) is 0 Å². The molecule has 0 aliphatic carbocycles. The molecule has 7 heteroatoms. The van der Waals surface area contributed by atoms with Gasteiger partial charge in [0.15, 0.2) is 0 Å². The van der Waals surface area contributed by atoms with Crippen LogP contribution in [0.5, 0.6) is 0 Å². The molecule has 0 amide bonds. The topological polar surface area (TPSA) is 107 Å². The first-order valence-electron chi connectivity index (χ1n) is 3.83. The number of ether oxygens (including phenoxy) is 1. The van der Waals surface area contributed by atoms with Gasteiger partial charge in [-0.05, 0) is 0 Å². The van der Waals surface area contributed by atoms with Crippen molar-refractivity contribution in [3.63, 3.8) is 0 Å². The minimum Gasteiger partial charge on any atom is -0.481 e. The van der Waals surface area contributed by atoms with E-state index in [0.29, 0.717) is 0 Å². The number of hydrogen-bond donors (Lipinski definition) is 1. The van der Waals surface area contributed by atoms with E-state index < -0.39 is 35.2 Å². The lowest BCUT2D eigenvalue weighted by Crippen LogP contribution is -2.34. The number of carboxylic acids is 1. The van der Waals surface area contributed by atoms with Crippen molar-refractivity contribution < 1.29 is 24.4 Å². The second-order valence-electron chi connectivity index (χ2n) is 2.75. The van der Waals surface area contributed by atoms with Gasteiger partial charge in [-0.25, -0.2) is 0 Å². The van der Waals surface area contributed by atoms with Crippen molar-refractivity contribution in [3.05, 3.63) is 10.1 Å². The van der Waals surface area contributed by atoms with Gasteiger partial charge in [-0.3, -0.25) is 19.7 Å². The van der Waals surface area contributed by atoms with Gasteiger partial charge in [-0.2, -0.15) is 0 Å². The Morgan fingerprint density at radius 2 is 2.07 bits per heavy atom. The number of aliphatic carboxylic acids is 1. The van der Waals surface area contributed by atoms with E-state index >= 15 is 0 Å². The Balaban J connectivity index is 4.62. The lowest BCUT2D eigenvalue weighted by atomic mass is 9.98. The minimum atomic E-state index is -1.27. The highest BCUT2D eigenvalue weighted by atomic mass is 16.6. The van der Waals surface area contributed by atoms with Crippen LogP contribution in [-0.2, 0) is 14.3 Å². The monoisotopic (exact) mass is 205 g/mol. The molecule has 0 aromatic rings. The summed E-state index contributed by atoms with van der Waals surface area (Å²) in [6.07, 6.45) is -0.602. The van der Waals surface area contributed by atoms with Crippen molar-refractivity contribution in [2.75, 3.05) is 7.11 Å². The summed E-state index contributed by atoms with van der Waals surface area (Å²) in [7, 11) is 1.06. The third kappa shape index (κ3) is 3.38. The molecule has 14 heavy (non-hydrogen) atoms. The van der Waals surface area contributed by atoms with Crippen molar-refractivity contribution in [1.82, 2.24) is 0 Å². The molecule has 0 fully saturated rings. The summed E-state index contributed by atoms with van der Waals surface area (Å²) in [4.78, 5) is 31.0. The summed E-state index contributed by atoms with van der Waals surface area (Å²) >= 11 is 0. The molecular formula is C7H11NO6. The Kier molecular flexibility index (Phi) is 4.54. The molecule has 0 heterocycles. The molecule has 0 spiro atoms. The van der Waals surface area contributed by atoms with Gasteiger partial charge in [0.25, 0.3) is 0 Å². The van der Waals surface area contributed by atoms with Crippen LogP contribution < -0.4 is 0 Å². The molecular weight excluding hydrogens is 194 g/mol. The first kappa shape index (κ1) is 12.3. The molecule has 0 aromatic heterocycles. The molecule has 2 atom stereocenters. The van der Waals surface area contributed by atoms with Gasteiger partial charge in [0, 0.05) is 11.8 Å². The summed E-state index contributed by atoms with van der Waals surface area (Å²) in [5, 5.41) is 18.8. The Hall–Kier alpha value is -1.66. The Labute approximate surface area is 79.8 Å². The van der Waals surface area contributed by atoms with E-state index in [9.17, 15) is 19.7 Å². The quantitative estimate of drug-likeness (QED) is 0.382. The number of hydrogen-bond acceptors (Lipinski definition) is 5. The van der Waals surface area contributed by atoms with Crippen LogP contribution in [0.3, 0.4) is 0 Å². The van der Waals surface area contributed by atoms with E-state index in [0.717, 1.165) is 7.11 Å². The zero-order valence-corrected chi connectivity index (χ0v) is 7.80. The number of esters is 1. The molecule has 0 bridgehead atoms. The van der Waals surface area contributed by atoms with Gasteiger partial charge >= 0.3 is 11.9 Å². The Bertz CT molecular complexity index is 251. The van der Waals surface area contributed by atoms with E-state index in [2.05, 4.69) is 4.74 Å². The summed E-state index contributed by atoms with van der Waals surface area (Å²) < 4.78 is 4.28. The van der Waals surface area contributed by atoms with Crippen molar-refractivity contribution in [2.24, 2.45) is 5.92 Å². The van der Waals surface area contributed by atoms with E-state index in [1.807, 2.05) is 0 Å². The first-order valence-corrected chi connectivity index (χ1v) is 3.83. The van der Waals surface area contributed by atoms with Gasteiger partial charge in [-0.1, -0.05) is 0 Å². The molecule has 80 valence electrons. The van der Waals surface area contributed by atoms with E-state index in [1.165, 1.54) is 6.92 Å². The molecule has 0 radical (unpaired) electrons. The molecule has 1 N–H and O–H groups in total. The van der Waals surface area contributed by atoms with Gasteiger partial charge in [0.2, 0.25) is 6.04 Å². The zero-order chi connectivity index (χ0) is 11.3. The lowest BCUT2D eigenvalue weighted by Gasteiger charge is -2.13. The van der Waals surface area contributed by atoms with E-state index in [4.69, 9.17) is 5.11 Å². The summed E-state index contributed by atoms with van der Waals surface area (Å²) in [5.41, 5.74) is 0. The number of carbonyl (C=O) groups excluding carboxylic acids is 1. The van der Waals surface area contributed by atoms with Crippen LogP contribution in [0.2, 0.25) is 0 Å². The van der Waals surface area contributed by atoms with Crippen LogP contribution in [0, 0.1) is 16.0 Å². The number of methoxy groups -OCH3 is 1. The fourth-order valence-corrected chi connectivity index (χ4v) is 0.937. The molecule has 0 rings (SSSR count). The maximum Gasteiger partial charge on any atom is 0.316 e. The van der Waals surface area contributed by atoms with Crippen LogP contribution >= 0.6 is 0 Å². The standard InChI is InChI=1S/C7H11NO6/c1-4(8(12)13)5(3-6(9)10)7(11)14-2/h4-5H,3H2,1-2H3,(H,9,10). The van der Waals surface area contributed by atoms with Gasteiger partial charge in [0.05, 0.1) is 13.5 Å². The minimum absolute atomic E-state index is 0.602. The van der Waals surface area contributed by atoms with Gasteiger partial charge in [0.1, 0.15) is 5.92 Å². The van der Waals surface area contributed by atoms with Gasteiger partial charge in [-0.15, -0.1) is 0 Å². The number of carboxylic acid groups (broad SMARTS) is 1. The van der Waals surface area contributed by atoms with Crippen LogP contribution in [-0.4, -0.2) is 35.1 Å². The number of nitro groups is 1. The molecule has 0 aliphatic rings. The smallest absolute Gasteiger partial charge is 0.316 e. The number of rotatable bonds is 5. The highest BCUT2D eigenvalue weighted by Crippen LogP contribution is 2.13. The molecule has 2 unspecified atom stereocenters. The summed E-state index contributed by atoms with van der Waals surface area (Å²) in [5.74, 6) is -3.39. The third-order valence-electron chi connectivity index (χ3n) is 1.81. The normalized spacial score (nSPS) is 14.1. The molecule has 0 saturated carbocycles. The zero-order valence-electron chi connectivity index (χ0n) is 7.80. The summed E-state index contributed by atoms with van der Waals surface area (Å²) in [6.45, 7) is 1.17. The van der Waals surface area contributed by atoms with E-state index in [1.54, 1.807) is 0 Å². The fraction of sp³-hybridized carbons (Fsp3) is 0.714. The maximum absolute atomic E-state index is 11.0. The second kappa shape index (κ2) is 5.15. The van der Waals surface area contributed by atoms with E-state index in [-0.39, 0.29) is 0 Å². The highest BCUT2D eigenvalue weighted by Gasteiger charge is 2.35. The summed E-state index contributed by atoms with van der Waals surface area (Å²) in [6, 6.07) is -1.27. The molecule has 0 aliphatic heterocycles. The van der Waals surface area contributed by atoms with Crippen LogP contribution in [0.15, 0.2) is 0 Å². The predicted octanol–water partition coefficient (Wildman–Crippen LogP) is -0.0845. The third-order valence-corrected chi connectivity index (χ3v) is 1.81. The van der Waals surface area contributed by atoms with Crippen LogP contribution in [0.1, 0.15) is 13.3 Å². The molecule has 7 nitrogen and oxygen atoms in total. The fourth-order valence-electron chi connectivity index (χ4n) is 0.937. The van der Waals surface area contributed by atoms with Gasteiger partial charge < -0.3 is 9.84 Å². The maximum atomic E-state index is 11.0. The SMILES string of the molecule is COC(=O)C(CC(=O)O)C(C)[N+](=O)[O-]. The highest BCUT2D eigenvalue weighted by molar-refractivity contribution is 5.79. The average molecular weight is 205 g/mol. The largest absolute Gasteiger partial charge is 0.481 e. The van der Waals surface area contributed by atoms with Crippen LogP contribution in [0.25, 0.3) is 0 Å². The second-order valence-corrected chi connectivity index (χ2v) is 2.75.